The number of ketones is 1. The fourth-order valence-corrected chi connectivity index (χ4v) is 7.00. The Morgan fingerprint density at radius 1 is 0.725 bits per heavy atom. The van der Waals surface area contributed by atoms with E-state index >= 15 is 0 Å². The van der Waals surface area contributed by atoms with Gasteiger partial charge < -0.3 is 15.2 Å². The fourth-order valence-electron chi connectivity index (χ4n) is 5.75. The van der Waals surface area contributed by atoms with E-state index < -0.39 is 34.1 Å². The number of benzene rings is 3. The van der Waals surface area contributed by atoms with Gasteiger partial charge in [0.2, 0.25) is 5.91 Å². The number of Topliss-reactive ketones (excluding diaryl/α,β-unsaturated/α-hetero) is 1. The Morgan fingerprint density at radius 3 is 1.84 bits per heavy atom. The molecule has 0 saturated carbocycles. The van der Waals surface area contributed by atoms with Gasteiger partial charge in [-0.3, -0.25) is 14.3 Å². The molecule has 0 aliphatic carbocycles. The second kappa shape index (κ2) is 22.8. The number of sulfonamides is 1. The van der Waals surface area contributed by atoms with Gasteiger partial charge in [0.25, 0.3) is 10.0 Å². The number of carboxylic acids is 1. The number of anilines is 2. The third kappa shape index (κ3) is 15.5. The summed E-state index contributed by atoms with van der Waals surface area (Å²) >= 11 is 6.25. The smallest absolute Gasteiger partial charge is 0.335 e. The Labute approximate surface area is 308 Å². The predicted octanol–water partition coefficient (Wildman–Crippen LogP) is 10.7. The molecule has 0 radical (unpaired) electrons. The molecule has 3 rings (SSSR count). The summed E-state index contributed by atoms with van der Waals surface area (Å²) in [5.41, 5.74) is 0.478. The zero-order valence-electron chi connectivity index (χ0n) is 29.8. The fraction of sp³-hybridized carbons (Fsp3) is 0.475. The van der Waals surface area contributed by atoms with Crippen LogP contribution in [0.1, 0.15) is 137 Å². The van der Waals surface area contributed by atoms with Gasteiger partial charge in [0, 0.05) is 5.69 Å². The number of aromatic carboxylic acids is 1. The first-order valence-corrected chi connectivity index (χ1v) is 20.2. The first kappa shape index (κ1) is 41.5. The summed E-state index contributed by atoms with van der Waals surface area (Å²) in [6.07, 6.45) is 20.0. The van der Waals surface area contributed by atoms with E-state index in [9.17, 15) is 22.8 Å². The number of carbonyl (C=O) groups excluding carboxylic acids is 2. The maximum absolute atomic E-state index is 13.1. The van der Waals surface area contributed by atoms with Gasteiger partial charge in [-0.05, 0) is 61.0 Å². The number of nitrogens with one attached hydrogen (secondary N) is 2. The van der Waals surface area contributed by atoms with Crippen molar-refractivity contribution in [2.75, 3.05) is 16.6 Å². The van der Waals surface area contributed by atoms with Crippen LogP contribution in [0.2, 0.25) is 5.02 Å². The first-order valence-electron chi connectivity index (χ1n) is 18.3. The molecule has 3 aromatic rings. The standard InChI is InChI=1S/C40H53ClN2O7S/c1-2-3-4-5-6-7-8-9-10-11-12-13-14-15-16-19-28-50-38-21-18-17-20-34(38)37(44)30-39(45)42-36-29-33(26-27-35(36)41)51(48,49)43-32-24-22-31(23-25-32)40(46)47/h17-18,20-27,29,43H,2-16,19,28,30H2,1H3,(H,42,45)(H,46,47). The molecule has 0 unspecified atom stereocenters. The summed E-state index contributed by atoms with van der Waals surface area (Å²) in [6.45, 7) is 2.73. The molecule has 0 spiro atoms. The lowest BCUT2D eigenvalue weighted by Crippen LogP contribution is -2.18. The molecule has 9 nitrogen and oxygen atoms in total. The number of halogens is 1. The lowest BCUT2D eigenvalue weighted by Gasteiger charge is -2.13. The number of rotatable bonds is 26. The quantitative estimate of drug-likeness (QED) is 0.0423. The predicted molar refractivity (Wildman–Crippen MR) is 205 cm³/mol. The van der Waals surface area contributed by atoms with E-state index in [-0.39, 0.29) is 26.9 Å². The Hall–Kier alpha value is -3.89. The van der Waals surface area contributed by atoms with Crippen LogP contribution in [-0.4, -0.2) is 37.8 Å². The molecule has 0 aliphatic rings. The van der Waals surface area contributed by atoms with E-state index in [4.69, 9.17) is 21.4 Å². The van der Waals surface area contributed by atoms with E-state index in [1.807, 2.05) is 0 Å². The Kier molecular flexibility index (Phi) is 18.6. The average molecular weight is 741 g/mol. The molecule has 0 aromatic heterocycles. The molecule has 0 fully saturated rings. The second-order valence-corrected chi connectivity index (χ2v) is 15.0. The van der Waals surface area contributed by atoms with Gasteiger partial charge >= 0.3 is 5.97 Å². The third-order valence-corrected chi connectivity index (χ3v) is 10.4. The van der Waals surface area contributed by atoms with Crippen LogP contribution in [0.15, 0.2) is 71.6 Å². The van der Waals surface area contributed by atoms with Crippen molar-refractivity contribution in [3.8, 4) is 5.75 Å². The third-order valence-electron chi connectivity index (χ3n) is 8.67. The summed E-state index contributed by atoms with van der Waals surface area (Å²) in [4.78, 5) is 36.9. The minimum absolute atomic E-state index is 0.00794. The first-order chi connectivity index (χ1) is 24.6. The van der Waals surface area contributed by atoms with Gasteiger partial charge in [-0.25, -0.2) is 13.2 Å². The number of para-hydroxylation sites is 1. The summed E-state index contributed by atoms with van der Waals surface area (Å²) < 4.78 is 34.3. The summed E-state index contributed by atoms with van der Waals surface area (Å²) in [5.74, 6) is -1.82. The summed E-state index contributed by atoms with van der Waals surface area (Å²) in [5, 5.41) is 11.7. The number of carbonyl (C=O) groups is 3. The number of ether oxygens (including phenoxy) is 1. The van der Waals surface area contributed by atoms with Crippen molar-refractivity contribution in [3.05, 3.63) is 82.9 Å². The molecule has 11 heteroatoms. The highest BCUT2D eigenvalue weighted by Gasteiger charge is 2.20. The van der Waals surface area contributed by atoms with E-state index in [1.165, 1.54) is 126 Å². The van der Waals surface area contributed by atoms with Crippen LogP contribution in [-0.2, 0) is 14.8 Å². The van der Waals surface area contributed by atoms with Crippen LogP contribution < -0.4 is 14.8 Å². The molecular formula is C40H53ClN2O7S. The normalized spacial score (nSPS) is 11.3. The van der Waals surface area contributed by atoms with Crippen molar-refractivity contribution in [1.29, 1.82) is 0 Å². The van der Waals surface area contributed by atoms with Gasteiger partial charge in [0.1, 0.15) is 5.75 Å². The van der Waals surface area contributed by atoms with Gasteiger partial charge in [0.15, 0.2) is 5.78 Å². The van der Waals surface area contributed by atoms with Crippen LogP contribution in [0.3, 0.4) is 0 Å². The summed E-state index contributed by atoms with van der Waals surface area (Å²) in [7, 11) is -4.11. The van der Waals surface area contributed by atoms with E-state index in [0.29, 0.717) is 17.9 Å². The zero-order valence-corrected chi connectivity index (χ0v) is 31.3. The minimum atomic E-state index is -4.11. The van der Waals surface area contributed by atoms with Crippen molar-refractivity contribution >= 4 is 50.7 Å². The average Bonchev–Trinajstić information content (AvgIpc) is 3.10. The minimum Gasteiger partial charge on any atom is -0.493 e. The number of hydrogen-bond acceptors (Lipinski definition) is 6. The molecule has 51 heavy (non-hydrogen) atoms. The molecule has 0 heterocycles. The van der Waals surface area contributed by atoms with Gasteiger partial charge in [-0.1, -0.05) is 127 Å². The van der Waals surface area contributed by atoms with Crippen molar-refractivity contribution < 1.29 is 32.6 Å². The van der Waals surface area contributed by atoms with Crippen molar-refractivity contribution in [3.63, 3.8) is 0 Å². The van der Waals surface area contributed by atoms with E-state index in [2.05, 4.69) is 17.0 Å². The van der Waals surface area contributed by atoms with Crippen LogP contribution in [0.4, 0.5) is 11.4 Å². The van der Waals surface area contributed by atoms with Crippen LogP contribution >= 0.6 is 11.6 Å². The SMILES string of the molecule is CCCCCCCCCCCCCCCCCCOc1ccccc1C(=O)CC(=O)Nc1cc(S(=O)(=O)Nc2ccc(C(=O)O)cc2)ccc1Cl. The molecule has 278 valence electrons. The van der Waals surface area contributed by atoms with Gasteiger partial charge in [-0.15, -0.1) is 0 Å². The lowest BCUT2D eigenvalue weighted by molar-refractivity contribution is -0.115. The van der Waals surface area contributed by atoms with Gasteiger partial charge in [-0.2, -0.15) is 0 Å². The molecule has 0 saturated heterocycles. The van der Waals surface area contributed by atoms with Crippen molar-refractivity contribution in [2.45, 2.75) is 121 Å². The number of carboxylic acid groups (broad SMARTS) is 1. The van der Waals surface area contributed by atoms with Crippen molar-refractivity contribution in [2.24, 2.45) is 0 Å². The lowest BCUT2D eigenvalue weighted by atomic mass is 10.0. The zero-order chi connectivity index (χ0) is 36.9. The van der Waals surface area contributed by atoms with Crippen LogP contribution in [0.25, 0.3) is 0 Å². The molecule has 0 aliphatic heterocycles. The highest BCUT2D eigenvalue weighted by molar-refractivity contribution is 7.92. The number of hydrogen-bond donors (Lipinski definition) is 3. The largest absolute Gasteiger partial charge is 0.493 e. The van der Waals surface area contributed by atoms with Crippen molar-refractivity contribution in [1.82, 2.24) is 0 Å². The second-order valence-electron chi connectivity index (χ2n) is 12.9. The summed E-state index contributed by atoms with van der Waals surface area (Å²) in [6, 6.07) is 15.8. The number of unbranched alkanes of at least 4 members (excludes halogenated alkanes) is 15. The Balaban J connectivity index is 1.37. The molecular weight excluding hydrogens is 688 g/mol. The molecule has 3 N–H and O–H groups in total. The molecule has 0 bridgehead atoms. The maximum Gasteiger partial charge on any atom is 0.335 e. The Morgan fingerprint density at radius 2 is 1.27 bits per heavy atom. The van der Waals surface area contributed by atoms with Gasteiger partial charge in [0.05, 0.1) is 39.8 Å². The number of amides is 1. The topological polar surface area (TPSA) is 139 Å². The highest BCUT2D eigenvalue weighted by atomic mass is 35.5. The molecule has 1 amide bonds. The van der Waals surface area contributed by atoms with Crippen LogP contribution in [0, 0.1) is 0 Å². The molecule has 0 atom stereocenters. The van der Waals surface area contributed by atoms with E-state index in [0.717, 1.165) is 19.3 Å². The van der Waals surface area contributed by atoms with Crippen LogP contribution in [0.5, 0.6) is 5.75 Å². The molecule has 3 aromatic carbocycles. The van der Waals surface area contributed by atoms with E-state index in [1.54, 1.807) is 24.3 Å². The Bertz CT molecular complexity index is 1640. The maximum atomic E-state index is 13.1. The monoisotopic (exact) mass is 740 g/mol. The highest BCUT2D eigenvalue weighted by Crippen LogP contribution is 2.28.